The van der Waals surface area contributed by atoms with E-state index in [1.165, 1.54) is 29.2 Å². The molecule has 1 aliphatic carbocycles. The van der Waals surface area contributed by atoms with Gasteiger partial charge in [-0.1, -0.05) is 60.6 Å². The number of aliphatic hydroxyl groups excluding tert-OH is 1. The quantitative estimate of drug-likeness (QED) is 0.0625. The highest BCUT2D eigenvalue weighted by molar-refractivity contribution is 7.13. The number of carbonyl (C=O) groups is 4. The summed E-state index contributed by atoms with van der Waals surface area (Å²) in [6.07, 6.45) is -0.239. The molecule has 18 heteroatoms. The standard InChI is InChI=1S/C51H61FN8O8S/c1-30-42(69-29-55-30)31-12-15-34(16-13-31)59(9)58-45(64)40-23-35(61)27-60(40)46(65)43(49(2,3)4)56-41(62)28-66-20-10-11-21-67-36-18-19-38(39(52)24-36)44(63)57-47-50(5,6)48(51(47,7)8)68-37-17-14-32(25-53)33(22-37)26-54/h12-19,22,24,29,35,40,43,47-48,61H,10-11,20-21,23,27-28H2,1-9H3,(H,56,62)(H,57,63)(H,58,64)/t35-,40+,43?,47?,48?/m1/s1. The lowest BCUT2D eigenvalue weighted by molar-refractivity contribution is -0.164. The van der Waals surface area contributed by atoms with Crippen molar-refractivity contribution in [2.75, 3.05) is 38.4 Å². The zero-order chi connectivity index (χ0) is 50.4. The number of thiazole rings is 1. The number of halogens is 1. The number of ether oxygens (including phenoxy) is 3. The number of hydrogen-bond donors (Lipinski definition) is 4. The molecule has 4 amide bonds. The van der Waals surface area contributed by atoms with Crippen LogP contribution >= 0.6 is 11.3 Å². The molecule has 1 aromatic heterocycles. The van der Waals surface area contributed by atoms with Crippen LogP contribution in [0.25, 0.3) is 10.4 Å². The number of unbranched alkanes of at least 4 members (excludes halogenated alkanes) is 1. The second-order valence-corrected chi connectivity index (χ2v) is 20.7. The van der Waals surface area contributed by atoms with E-state index in [1.54, 1.807) is 55.7 Å². The number of hydrazine groups is 1. The summed E-state index contributed by atoms with van der Waals surface area (Å²) in [5.74, 6) is -2.14. The second kappa shape index (κ2) is 21.4. The summed E-state index contributed by atoms with van der Waals surface area (Å²) in [5.41, 5.74) is 5.71. The van der Waals surface area contributed by atoms with Crippen molar-refractivity contribution in [3.05, 3.63) is 94.4 Å². The van der Waals surface area contributed by atoms with Crippen LogP contribution in [-0.2, 0) is 19.1 Å². The number of amides is 4. The fourth-order valence-electron chi connectivity index (χ4n) is 9.41. The van der Waals surface area contributed by atoms with Gasteiger partial charge < -0.3 is 34.9 Å². The van der Waals surface area contributed by atoms with Gasteiger partial charge in [0.2, 0.25) is 11.8 Å². The number of aromatic nitrogens is 1. The van der Waals surface area contributed by atoms with Crippen molar-refractivity contribution in [3.63, 3.8) is 0 Å². The molecule has 1 unspecified atom stereocenters. The maximum absolute atomic E-state index is 15.3. The topological polar surface area (TPSA) is 219 Å². The molecule has 2 heterocycles. The number of β-amino-alcohol motifs (C(OH)–C–C–N with tert-alkyl or cyclic N) is 1. The Kier molecular flexibility index (Phi) is 16.0. The lowest BCUT2D eigenvalue weighted by atomic mass is 9.49. The Morgan fingerprint density at radius 3 is 2.26 bits per heavy atom. The van der Waals surface area contributed by atoms with Crippen LogP contribution < -0.4 is 30.5 Å². The minimum atomic E-state index is -1.02. The Labute approximate surface area is 406 Å². The van der Waals surface area contributed by atoms with E-state index < -0.39 is 63.9 Å². The Hall–Kier alpha value is -6.60. The lowest BCUT2D eigenvalue weighted by Gasteiger charge is -2.63. The number of carbonyl (C=O) groups excluding carboxylic acids is 4. The summed E-state index contributed by atoms with van der Waals surface area (Å²) in [4.78, 5) is 60.8. The maximum atomic E-state index is 15.3. The summed E-state index contributed by atoms with van der Waals surface area (Å²) < 4.78 is 32.9. The van der Waals surface area contributed by atoms with Crippen molar-refractivity contribution in [1.29, 1.82) is 10.5 Å². The molecule has 4 N–H and O–H groups in total. The zero-order valence-corrected chi connectivity index (χ0v) is 41.3. The van der Waals surface area contributed by atoms with Gasteiger partial charge in [-0.2, -0.15) is 10.5 Å². The number of benzene rings is 3. The van der Waals surface area contributed by atoms with E-state index in [-0.39, 0.29) is 67.4 Å². The number of nitrogens with one attached hydrogen (secondary N) is 3. The molecule has 0 radical (unpaired) electrons. The average Bonchev–Trinajstić information content (AvgIpc) is 3.92. The third-order valence-electron chi connectivity index (χ3n) is 12.8. The number of nitriles is 2. The van der Waals surface area contributed by atoms with Crippen molar-refractivity contribution in [1.82, 2.24) is 25.9 Å². The maximum Gasteiger partial charge on any atom is 0.261 e. The SMILES string of the molecule is Cc1ncsc1-c1ccc(N(C)NC(=O)[C@@H]2C[C@@H](O)CN2C(=O)C(NC(=O)COCCCCOc2ccc(C(=O)NC3C(C)(C)C(Oc4ccc(C#N)c(C#N)c4)C3(C)C)c(F)c2)C(C)(C)C)cc1. The van der Waals surface area contributed by atoms with Gasteiger partial charge in [-0.05, 0) is 73.2 Å². The minimum absolute atomic E-state index is 0.0384. The van der Waals surface area contributed by atoms with Crippen LogP contribution in [0.5, 0.6) is 11.5 Å². The number of hydrogen-bond acceptors (Lipinski definition) is 13. The first-order valence-corrected chi connectivity index (χ1v) is 23.7. The molecule has 16 nitrogen and oxygen atoms in total. The van der Waals surface area contributed by atoms with E-state index in [1.807, 2.05) is 71.0 Å². The summed E-state index contributed by atoms with van der Waals surface area (Å²) in [7, 11) is 1.69. The van der Waals surface area contributed by atoms with Gasteiger partial charge in [-0.25, -0.2) is 9.37 Å². The summed E-state index contributed by atoms with van der Waals surface area (Å²) in [6.45, 7) is 15.1. The van der Waals surface area contributed by atoms with Crippen molar-refractivity contribution >= 4 is 40.7 Å². The summed E-state index contributed by atoms with van der Waals surface area (Å²) in [6, 6.07) is 18.0. The Morgan fingerprint density at radius 1 is 0.971 bits per heavy atom. The minimum Gasteiger partial charge on any atom is -0.493 e. The van der Waals surface area contributed by atoms with Crippen molar-refractivity contribution < 1.29 is 42.9 Å². The van der Waals surface area contributed by atoms with Crippen LogP contribution in [0.3, 0.4) is 0 Å². The smallest absolute Gasteiger partial charge is 0.261 e. The van der Waals surface area contributed by atoms with Crippen LogP contribution in [0.4, 0.5) is 10.1 Å². The first-order valence-electron chi connectivity index (χ1n) is 22.8. The molecule has 0 bridgehead atoms. The van der Waals surface area contributed by atoms with Crippen LogP contribution in [0.2, 0.25) is 0 Å². The normalized spacial score (nSPS) is 19.5. The molecule has 0 spiro atoms. The average molecular weight is 965 g/mol. The van der Waals surface area contributed by atoms with Gasteiger partial charge in [0.25, 0.3) is 11.8 Å². The monoisotopic (exact) mass is 964 g/mol. The number of likely N-dealkylation sites (tertiary alicyclic amines) is 1. The largest absolute Gasteiger partial charge is 0.493 e. The molecule has 1 saturated heterocycles. The van der Waals surface area contributed by atoms with Crippen LogP contribution in [-0.4, -0.2) is 102 Å². The molecular formula is C51H61FN8O8S. The van der Waals surface area contributed by atoms with Crippen molar-refractivity contribution in [3.8, 4) is 34.1 Å². The van der Waals surface area contributed by atoms with Gasteiger partial charge in [-0.3, -0.25) is 29.6 Å². The van der Waals surface area contributed by atoms with E-state index in [0.717, 1.165) is 22.2 Å². The number of anilines is 1. The predicted octanol–water partition coefficient (Wildman–Crippen LogP) is 6.45. The first-order chi connectivity index (χ1) is 32.6. The second-order valence-electron chi connectivity index (χ2n) is 19.8. The molecular weight excluding hydrogens is 904 g/mol. The molecule has 3 atom stereocenters. The van der Waals surface area contributed by atoms with Gasteiger partial charge in [0, 0.05) is 49.6 Å². The number of aliphatic hydroxyl groups is 1. The van der Waals surface area contributed by atoms with Gasteiger partial charge >= 0.3 is 0 Å². The van der Waals surface area contributed by atoms with E-state index in [4.69, 9.17) is 14.2 Å². The van der Waals surface area contributed by atoms with E-state index in [2.05, 4.69) is 21.0 Å². The van der Waals surface area contributed by atoms with Gasteiger partial charge in [0.1, 0.15) is 54.2 Å². The third kappa shape index (κ3) is 11.8. The van der Waals surface area contributed by atoms with Gasteiger partial charge in [0.15, 0.2) is 0 Å². The van der Waals surface area contributed by atoms with Crippen molar-refractivity contribution in [2.45, 2.75) is 105 Å². The van der Waals surface area contributed by atoms with E-state index >= 15 is 4.39 Å². The Balaban J connectivity index is 0.922. The van der Waals surface area contributed by atoms with E-state index in [9.17, 15) is 34.8 Å². The summed E-state index contributed by atoms with van der Waals surface area (Å²) >= 11 is 1.55. The highest BCUT2D eigenvalue weighted by Crippen LogP contribution is 2.55. The summed E-state index contributed by atoms with van der Waals surface area (Å²) in [5, 5.41) is 36.6. The Bertz CT molecular complexity index is 2600. The highest BCUT2D eigenvalue weighted by Gasteiger charge is 2.64. The fraction of sp³-hybridized carbons (Fsp3) is 0.471. The first kappa shape index (κ1) is 51.8. The highest BCUT2D eigenvalue weighted by atomic mass is 32.1. The molecule has 6 rings (SSSR count). The molecule has 366 valence electrons. The molecule has 2 fully saturated rings. The van der Waals surface area contributed by atoms with Crippen LogP contribution in [0.15, 0.2) is 66.2 Å². The number of nitrogens with zero attached hydrogens (tertiary/aromatic N) is 5. The zero-order valence-electron chi connectivity index (χ0n) is 40.5. The van der Waals surface area contributed by atoms with Crippen LogP contribution in [0.1, 0.15) is 94.9 Å². The molecule has 3 aromatic carbocycles. The number of aryl methyl sites for hydroxylation is 1. The molecule has 4 aromatic rings. The van der Waals surface area contributed by atoms with Gasteiger partial charge in [0.05, 0.1) is 51.2 Å². The van der Waals surface area contributed by atoms with Crippen molar-refractivity contribution in [2.24, 2.45) is 16.2 Å². The number of rotatable bonds is 18. The Morgan fingerprint density at radius 2 is 1.64 bits per heavy atom. The predicted molar refractivity (Wildman–Crippen MR) is 257 cm³/mol. The third-order valence-corrected chi connectivity index (χ3v) is 13.8. The van der Waals surface area contributed by atoms with Gasteiger partial charge in [-0.15, -0.1) is 11.3 Å². The molecule has 69 heavy (non-hydrogen) atoms. The van der Waals surface area contributed by atoms with E-state index in [0.29, 0.717) is 24.3 Å². The molecule has 2 aliphatic rings. The fourth-order valence-corrected chi connectivity index (χ4v) is 10.2. The van der Waals surface area contributed by atoms with Crippen LogP contribution in [0, 0.1) is 51.6 Å². The lowest BCUT2D eigenvalue weighted by Crippen LogP contribution is -2.74. The molecule has 1 saturated carbocycles. The molecule has 1 aliphatic heterocycles.